The zero-order chi connectivity index (χ0) is 17.8. The van der Waals surface area contributed by atoms with Gasteiger partial charge in [-0.25, -0.2) is 4.98 Å². The number of benzene rings is 2. The second-order valence-corrected chi connectivity index (χ2v) is 7.40. The van der Waals surface area contributed by atoms with Crippen LogP contribution in [-0.4, -0.2) is 22.1 Å². The maximum atomic E-state index is 12.7. The molecule has 1 unspecified atom stereocenters. The van der Waals surface area contributed by atoms with Crippen LogP contribution in [0.25, 0.3) is 11.0 Å². The van der Waals surface area contributed by atoms with Crippen molar-refractivity contribution < 1.29 is 4.79 Å². The zero-order valence-electron chi connectivity index (χ0n) is 14.7. The fraction of sp³-hybridized carbons (Fsp3) is 0.300. The second kappa shape index (κ2) is 7.74. The summed E-state index contributed by atoms with van der Waals surface area (Å²) in [5, 5.41) is 3.14. The van der Waals surface area contributed by atoms with Gasteiger partial charge in [-0.2, -0.15) is 0 Å². The molecule has 0 fully saturated rings. The molecule has 4 nitrogen and oxygen atoms in total. The first-order valence-electron chi connectivity index (χ1n) is 8.46. The first-order chi connectivity index (χ1) is 12.1. The van der Waals surface area contributed by atoms with Crippen molar-refractivity contribution in [2.75, 3.05) is 6.26 Å². The van der Waals surface area contributed by atoms with Crippen LogP contribution in [0.2, 0.25) is 0 Å². The van der Waals surface area contributed by atoms with Crippen molar-refractivity contribution in [3.05, 3.63) is 59.9 Å². The quantitative estimate of drug-likeness (QED) is 0.626. The van der Waals surface area contributed by atoms with E-state index in [-0.39, 0.29) is 11.9 Å². The summed E-state index contributed by atoms with van der Waals surface area (Å²) in [4.78, 5) is 21.8. The lowest BCUT2D eigenvalue weighted by Gasteiger charge is -2.19. The number of hydrogen-bond donors (Lipinski definition) is 2. The third kappa shape index (κ3) is 4.23. The lowest BCUT2D eigenvalue weighted by Crippen LogP contribution is -2.30. The average molecular weight is 353 g/mol. The minimum atomic E-state index is -0.139. The molecule has 2 aromatic carbocycles. The predicted octanol–water partition coefficient (Wildman–Crippen LogP) is 4.80. The van der Waals surface area contributed by atoms with E-state index >= 15 is 0 Å². The van der Waals surface area contributed by atoms with Crippen molar-refractivity contribution in [3.63, 3.8) is 0 Å². The molecule has 0 spiro atoms. The van der Waals surface area contributed by atoms with Gasteiger partial charge in [-0.1, -0.05) is 26.0 Å². The molecule has 5 heteroatoms. The Kier molecular flexibility index (Phi) is 5.43. The van der Waals surface area contributed by atoms with Gasteiger partial charge in [0, 0.05) is 10.5 Å². The van der Waals surface area contributed by atoms with Gasteiger partial charge in [0.05, 0.1) is 17.1 Å². The van der Waals surface area contributed by atoms with Crippen LogP contribution in [-0.2, 0) is 0 Å². The van der Waals surface area contributed by atoms with Crippen LogP contribution in [0.4, 0.5) is 0 Å². The minimum Gasteiger partial charge on any atom is -0.342 e. The summed E-state index contributed by atoms with van der Waals surface area (Å²) in [6.45, 7) is 4.30. The van der Waals surface area contributed by atoms with Crippen molar-refractivity contribution in [2.24, 2.45) is 5.92 Å². The topological polar surface area (TPSA) is 57.8 Å². The maximum absolute atomic E-state index is 12.7. The lowest BCUT2D eigenvalue weighted by atomic mass is 10.0. The van der Waals surface area contributed by atoms with Gasteiger partial charge in [-0.05, 0) is 55.0 Å². The Morgan fingerprint density at radius 3 is 2.52 bits per heavy atom. The molecule has 0 saturated heterocycles. The number of fused-ring (bicyclic) bond motifs is 1. The van der Waals surface area contributed by atoms with E-state index in [9.17, 15) is 4.79 Å². The standard InChI is InChI=1S/C20H23N3OS/c1-13(2)12-18(19-21-16-6-4-5-7-17(16)22-19)23-20(24)14-8-10-15(25-3)11-9-14/h4-11,13,18H,12H2,1-3H3,(H,21,22)(H,23,24). The molecule has 3 aromatic rings. The molecule has 3 rings (SSSR count). The van der Waals surface area contributed by atoms with E-state index in [1.807, 2.05) is 54.8 Å². The third-order valence-electron chi connectivity index (χ3n) is 4.10. The summed E-state index contributed by atoms with van der Waals surface area (Å²) in [6.07, 6.45) is 2.85. The fourth-order valence-electron chi connectivity index (χ4n) is 2.83. The number of thioether (sulfide) groups is 1. The molecule has 25 heavy (non-hydrogen) atoms. The Balaban J connectivity index is 1.83. The Bertz CT molecular complexity index is 822. The summed E-state index contributed by atoms with van der Waals surface area (Å²) in [7, 11) is 0. The number of carbonyl (C=O) groups is 1. The monoisotopic (exact) mass is 353 g/mol. The van der Waals surface area contributed by atoms with Crippen molar-refractivity contribution in [1.82, 2.24) is 15.3 Å². The minimum absolute atomic E-state index is 0.0706. The smallest absolute Gasteiger partial charge is 0.251 e. The number of para-hydroxylation sites is 2. The highest BCUT2D eigenvalue weighted by Crippen LogP contribution is 2.23. The number of rotatable bonds is 6. The van der Waals surface area contributed by atoms with Crippen LogP contribution >= 0.6 is 11.8 Å². The summed E-state index contributed by atoms with van der Waals surface area (Å²) in [5.41, 5.74) is 2.58. The van der Waals surface area contributed by atoms with E-state index in [1.54, 1.807) is 11.8 Å². The highest BCUT2D eigenvalue weighted by atomic mass is 32.2. The van der Waals surface area contributed by atoms with Crippen LogP contribution in [0.1, 0.15) is 42.5 Å². The van der Waals surface area contributed by atoms with Crippen LogP contribution in [0, 0.1) is 5.92 Å². The van der Waals surface area contributed by atoms with Crippen LogP contribution in [0.3, 0.4) is 0 Å². The Labute approximate surface area is 152 Å². The lowest BCUT2D eigenvalue weighted by molar-refractivity contribution is 0.0930. The average Bonchev–Trinajstić information content (AvgIpc) is 3.05. The van der Waals surface area contributed by atoms with Crippen molar-refractivity contribution in [1.29, 1.82) is 0 Å². The number of H-pyrrole nitrogens is 1. The van der Waals surface area contributed by atoms with Gasteiger partial charge >= 0.3 is 0 Å². The number of nitrogens with zero attached hydrogens (tertiary/aromatic N) is 1. The first-order valence-corrected chi connectivity index (χ1v) is 9.69. The Morgan fingerprint density at radius 2 is 1.88 bits per heavy atom. The SMILES string of the molecule is CSc1ccc(C(=O)NC(CC(C)C)c2nc3ccccc3[nH]2)cc1. The van der Waals surface area contributed by atoms with Crippen molar-refractivity contribution >= 4 is 28.7 Å². The van der Waals surface area contributed by atoms with Crippen molar-refractivity contribution in [2.45, 2.75) is 31.2 Å². The summed E-state index contributed by atoms with van der Waals surface area (Å²) in [6, 6.07) is 15.5. The van der Waals surface area contributed by atoms with E-state index in [2.05, 4.69) is 29.1 Å². The number of nitrogens with one attached hydrogen (secondary N) is 2. The van der Waals surface area contributed by atoms with E-state index < -0.39 is 0 Å². The maximum Gasteiger partial charge on any atom is 0.251 e. The Morgan fingerprint density at radius 1 is 1.16 bits per heavy atom. The molecule has 1 aromatic heterocycles. The molecule has 0 saturated carbocycles. The van der Waals surface area contributed by atoms with E-state index in [1.165, 1.54) is 0 Å². The molecule has 0 aliphatic rings. The number of imidazole rings is 1. The normalized spacial score (nSPS) is 12.5. The van der Waals surface area contributed by atoms with Crippen LogP contribution < -0.4 is 5.32 Å². The largest absolute Gasteiger partial charge is 0.342 e. The van der Waals surface area contributed by atoms with Gasteiger partial charge in [0.2, 0.25) is 0 Å². The number of aromatic nitrogens is 2. The van der Waals surface area contributed by atoms with E-state index in [0.29, 0.717) is 11.5 Å². The molecular formula is C20H23N3OS. The van der Waals surface area contributed by atoms with Crippen LogP contribution in [0.5, 0.6) is 0 Å². The fourth-order valence-corrected chi connectivity index (χ4v) is 3.24. The molecule has 0 aliphatic heterocycles. The highest BCUT2D eigenvalue weighted by molar-refractivity contribution is 7.98. The number of aromatic amines is 1. The molecule has 130 valence electrons. The molecule has 1 atom stereocenters. The summed E-state index contributed by atoms with van der Waals surface area (Å²) >= 11 is 1.66. The molecule has 1 amide bonds. The molecule has 0 radical (unpaired) electrons. The van der Waals surface area contributed by atoms with Gasteiger partial charge in [0.1, 0.15) is 5.82 Å². The number of carbonyl (C=O) groups excluding carboxylic acids is 1. The van der Waals surface area contributed by atoms with Gasteiger partial charge in [0.25, 0.3) is 5.91 Å². The van der Waals surface area contributed by atoms with Crippen molar-refractivity contribution in [3.8, 4) is 0 Å². The third-order valence-corrected chi connectivity index (χ3v) is 4.85. The molecule has 2 N–H and O–H groups in total. The molecule has 0 aliphatic carbocycles. The molecule has 1 heterocycles. The van der Waals surface area contributed by atoms with E-state index in [0.717, 1.165) is 28.2 Å². The van der Waals surface area contributed by atoms with Gasteiger partial charge < -0.3 is 10.3 Å². The highest BCUT2D eigenvalue weighted by Gasteiger charge is 2.20. The van der Waals surface area contributed by atoms with Crippen LogP contribution in [0.15, 0.2) is 53.4 Å². The first kappa shape index (κ1) is 17.5. The molecular weight excluding hydrogens is 330 g/mol. The predicted molar refractivity (Wildman–Crippen MR) is 104 cm³/mol. The second-order valence-electron chi connectivity index (χ2n) is 6.52. The van der Waals surface area contributed by atoms with E-state index in [4.69, 9.17) is 0 Å². The zero-order valence-corrected chi connectivity index (χ0v) is 15.6. The van der Waals surface area contributed by atoms with Gasteiger partial charge in [0.15, 0.2) is 0 Å². The Hall–Kier alpha value is -2.27. The molecule has 0 bridgehead atoms. The number of amides is 1. The van der Waals surface area contributed by atoms with Gasteiger partial charge in [-0.15, -0.1) is 11.8 Å². The van der Waals surface area contributed by atoms with Gasteiger partial charge in [-0.3, -0.25) is 4.79 Å². The summed E-state index contributed by atoms with van der Waals surface area (Å²) in [5.74, 6) is 1.18. The number of hydrogen-bond acceptors (Lipinski definition) is 3. The summed E-state index contributed by atoms with van der Waals surface area (Å²) < 4.78 is 0.